The Morgan fingerprint density at radius 1 is 1.27 bits per heavy atom. The minimum Gasteiger partial charge on any atom is -0.461 e. The van der Waals surface area contributed by atoms with Gasteiger partial charge < -0.3 is 19.3 Å². The van der Waals surface area contributed by atoms with Crippen LogP contribution >= 0.6 is 0 Å². The molecular formula is C22H28O8. The van der Waals surface area contributed by atoms with Crippen LogP contribution < -0.4 is 0 Å². The van der Waals surface area contributed by atoms with Gasteiger partial charge in [0.05, 0.1) is 6.61 Å². The molecule has 1 aliphatic carbocycles. The highest BCUT2D eigenvalue weighted by atomic mass is 16.6. The molecule has 0 bridgehead atoms. The minimum absolute atomic E-state index is 0.0743. The van der Waals surface area contributed by atoms with Crippen LogP contribution in [0.4, 0.5) is 0 Å². The van der Waals surface area contributed by atoms with Crippen molar-refractivity contribution >= 4 is 23.7 Å². The number of hydrogen-bond acceptors (Lipinski definition) is 8. The third-order valence-corrected chi connectivity index (χ3v) is 4.84. The average Bonchev–Trinajstić information content (AvgIpc) is 2.90. The van der Waals surface area contributed by atoms with Crippen molar-refractivity contribution in [1.82, 2.24) is 0 Å². The molecule has 8 nitrogen and oxygen atoms in total. The molecule has 164 valence electrons. The van der Waals surface area contributed by atoms with Crippen LogP contribution in [-0.2, 0) is 33.4 Å². The number of aliphatic hydroxyl groups is 1. The summed E-state index contributed by atoms with van der Waals surface area (Å²) < 4.78 is 16.0. The molecule has 3 atom stereocenters. The van der Waals surface area contributed by atoms with Crippen molar-refractivity contribution in [3.63, 3.8) is 0 Å². The van der Waals surface area contributed by atoms with Gasteiger partial charge in [-0.1, -0.05) is 20.4 Å². The van der Waals surface area contributed by atoms with Crippen LogP contribution in [0.15, 0.2) is 35.5 Å². The van der Waals surface area contributed by atoms with Gasteiger partial charge in [0.25, 0.3) is 0 Å². The number of ketones is 1. The Morgan fingerprint density at radius 2 is 1.97 bits per heavy atom. The summed E-state index contributed by atoms with van der Waals surface area (Å²) in [5.74, 6) is -2.38. The van der Waals surface area contributed by atoms with Gasteiger partial charge in [-0.3, -0.25) is 14.4 Å². The summed E-state index contributed by atoms with van der Waals surface area (Å²) in [5.41, 5.74) is 0.819. The summed E-state index contributed by atoms with van der Waals surface area (Å²) in [6, 6.07) is 0. The molecule has 1 heterocycles. The molecule has 0 spiro atoms. The van der Waals surface area contributed by atoms with Gasteiger partial charge in [-0.15, -0.1) is 0 Å². The highest BCUT2D eigenvalue weighted by Crippen LogP contribution is 2.33. The number of aliphatic hydroxyl groups excluding tert-OH is 1. The number of Topliss-reactive ketones (excluding diaryl/α,β-unsaturated/α-hetero) is 1. The second-order valence-electron chi connectivity index (χ2n) is 7.91. The Morgan fingerprint density at radius 3 is 2.57 bits per heavy atom. The van der Waals surface area contributed by atoms with Crippen LogP contribution in [-0.4, -0.2) is 54.2 Å². The zero-order valence-corrected chi connectivity index (χ0v) is 17.5. The van der Waals surface area contributed by atoms with Gasteiger partial charge in [0.1, 0.15) is 18.8 Å². The molecule has 3 unspecified atom stereocenters. The van der Waals surface area contributed by atoms with E-state index in [-0.39, 0.29) is 54.7 Å². The summed E-state index contributed by atoms with van der Waals surface area (Å²) in [5, 5.41) is 9.64. The fraction of sp³-hybridized carbons (Fsp3) is 0.545. The summed E-state index contributed by atoms with van der Waals surface area (Å²) in [6.45, 7) is 8.13. The fourth-order valence-electron chi connectivity index (χ4n) is 3.39. The normalized spacial score (nSPS) is 24.6. The Bertz CT molecular complexity index is 789. The molecule has 0 aromatic rings. The number of fused-ring (bicyclic) bond motifs is 1. The molecule has 0 aromatic carbocycles. The third-order valence-electron chi connectivity index (χ3n) is 4.84. The molecular weight excluding hydrogens is 392 g/mol. The Balaban J connectivity index is 2.36. The first-order chi connectivity index (χ1) is 14.1. The summed E-state index contributed by atoms with van der Waals surface area (Å²) in [6.07, 6.45) is 1.69. The van der Waals surface area contributed by atoms with Gasteiger partial charge in [0, 0.05) is 43.3 Å². The maximum Gasteiger partial charge on any atom is 0.334 e. The molecule has 1 aliphatic heterocycles. The molecule has 1 fully saturated rings. The Kier molecular flexibility index (Phi) is 8.11. The highest BCUT2D eigenvalue weighted by Gasteiger charge is 2.40. The summed E-state index contributed by atoms with van der Waals surface area (Å²) in [4.78, 5) is 48.1. The number of rotatable bonds is 6. The number of esters is 3. The molecule has 1 N–H and O–H groups in total. The molecule has 0 saturated carbocycles. The average molecular weight is 420 g/mol. The van der Waals surface area contributed by atoms with E-state index >= 15 is 0 Å². The van der Waals surface area contributed by atoms with Gasteiger partial charge >= 0.3 is 17.9 Å². The lowest BCUT2D eigenvalue weighted by Gasteiger charge is -2.22. The molecule has 2 aliphatic rings. The standard InChI is InChI=1S/C22H28O8/c1-12(2)5-21(26)28-11-15-6-17(29-14(4)24)8-16(10-23)19(25)9-18-13(3)22(27)30-20(18)7-15/h7-8,12,17-18,20,23H,3,5-6,9-11H2,1-2,4H3. The van der Waals surface area contributed by atoms with Gasteiger partial charge in [0.2, 0.25) is 0 Å². The molecule has 0 amide bonds. The van der Waals surface area contributed by atoms with E-state index in [4.69, 9.17) is 14.2 Å². The van der Waals surface area contributed by atoms with Crippen molar-refractivity contribution in [1.29, 1.82) is 0 Å². The van der Waals surface area contributed by atoms with Crippen molar-refractivity contribution in [3.05, 3.63) is 35.5 Å². The molecule has 2 rings (SSSR count). The van der Waals surface area contributed by atoms with Crippen LogP contribution in [0.5, 0.6) is 0 Å². The first-order valence-electron chi connectivity index (χ1n) is 9.87. The first kappa shape index (κ1) is 23.5. The number of carbonyl (C=O) groups excluding carboxylic acids is 4. The number of ether oxygens (including phenoxy) is 3. The van der Waals surface area contributed by atoms with Gasteiger partial charge in [0.15, 0.2) is 5.78 Å². The molecule has 8 heteroatoms. The lowest BCUT2D eigenvalue weighted by Crippen LogP contribution is -2.26. The molecule has 0 radical (unpaired) electrons. The fourth-order valence-corrected chi connectivity index (χ4v) is 3.39. The van der Waals surface area contributed by atoms with E-state index in [2.05, 4.69) is 6.58 Å². The quantitative estimate of drug-likeness (QED) is 0.299. The Labute approximate surface area is 175 Å². The predicted molar refractivity (Wildman–Crippen MR) is 106 cm³/mol. The minimum atomic E-state index is -0.847. The zero-order valence-electron chi connectivity index (χ0n) is 17.5. The smallest absolute Gasteiger partial charge is 0.334 e. The topological polar surface area (TPSA) is 116 Å². The van der Waals surface area contributed by atoms with E-state index in [1.807, 2.05) is 13.8 Å². The van der Waals surface area contributed by atoms with Crippen molar-refractivity contribution in [2.45, 2.75) is 52.2 Å². The van der Waals surface area contributed by atoms with Gasteiger partial charge in [-0.2, -0.15) is 0 Å². The van der Waals surface area contributed by atoms with Crippen molar-refractivity contribution < 1.29 is 38.5 Å². The zero-order chi connectivity index (χ0) is 22.4. The second kappa shape index (κ2) is 10.3. The summed E-state index contributed by atoms with van der Waals surface area (Å²) >= 11 is 0. The SMILES string of the molecule is C=C1C(=O)OC2C=C(COC(=O)CC(C)C)CC(OC(C)=O)C=C(CO)C(=O)CC12. The van der Waals surface area contributed by atoms with Crippen LogP contribution in [0.1, 0.15) is 40.0 Å². The maximum atomic E-state index is 12.6. The van der Waals surface area contributed by atoms with E-state index in [9.17, 15) is 24.3 Å². The largest absolute Gasteiger partial charge is 0.461 e. The number of carbonyl (C=O) groups is 4. The monoisotopic (exact) mass is 420 g/mol. The van der Waals surface area contributed by atoms with Gasteiger partial charge in [-0.05, 0) is 23.6 Å². The molecule has 1 saturated heterocycles. The van der Waals surface area contributed by atoms with E-state index in [1.165, 1.54) is 13.0 Å². The van der Waals surface area contributed by atoms with Gasteiger partial charge in [-0.25, -0.2) is 4.79 Å². The summed E-state index contributed by atoms with van der Waals surface area (Å²) in [7, 11) is 0. The lowest BCUT2D eigenvalue weighted by molar-refractivity contribution is -0.146. The lowest BCUT2D eigenvalue weighted by atomic mass is 9.86. The first-order valence-corrected chi connectivity index (χ1v) is 9.87. The van der Waals surface area contributed by atoms with E-state index < -0.39 is 36.7 Å². The molecule has 0 aromatic heterocycles. The second-order valence-corrected chi connectivity index (χ2v) is 7.91. The predicted octanol–water partition coefficient (Wildman–Crippen LogP) is 1.81. The van der Waals surface area contributed by atoms with E-state index in [0.29, 0.717) is 5.57 Å². The highest BCUT2D eigenvalue weighted by molar-refractivity contribution is 5.98. The van der Waals surface area contributed by atoms with E-state index in [1.54, 1.807) is 6.08 Å². The van der Waals surface area contributed by atoms with Crippen LogP contribution in [0.3, 0.4) is 0 Å². The van der Waals surface area contributed by atoms with Crippen LogP contribution in [0, 0.1) is 11.8 Å². The van der Waals surface area contributed by atoms with Crippen LogP contribution in [0.2, 0.25) is 0 Å². The third kappa shape index (κ3) is 6.38. The van der Waals surface area contributed by atoms with Crippen molar-refractivity contribution in [3.8, 4) is 0 Å². The van der Waals surface area contributed by atoms with E-state index in [0.717, 1.165) is 0 Å². The van der Waals surface area contributed by atoms with Crippen molar-refractivity contribution in [2.24, 2.45) is 11.8 Å². The number of hydrogen-bond donors (Lipinski definition) is 1. The Hall–Kier alpha value is -2.74. The van der Waals surface area contributed by atoms with Crippen LogP contribution in [0.25, 0.3) is 0 Å². The molecule has 30 heavy (non-hydrogen) atoms. The van der Waals surface area contributed by atoms with Crippen molar-refractivity contribution in [2.75, 3.05) is 13.2 Å². The maximum absolute atomic E-state index is 12.6.